The number of rotatable bonds is 5. The molecule has 2 aromatic rings. The predicted octanol–water partition coefficient (Wildman–Crippen LogP) is 5.07. The number of para-hydroxylation sites is 1. The quantitative estimate of drug-likeness (QED) is 0.771. The number of nitrogens with zero attached hydrogens (tertiary/aromatic N) is 2. The van der Waals surface area contributed by atoms with Crippen LogP contribution in [-0.4, -0.2) is 11.7 Å². The molecule has 5 heteroatoms. The van der Waals surface area contributed by atoms with Gasteiger partial charge in [-0.3, -0.25) is 0 Å². The van der Waals surface area contributed by atoms with E-state index in [0.717, 1.165) is 5.69 Å². The lowest BCUT2D eigenvalue weighted by Crippen LogP contribution is -2.36. The van der Waals surface area contributed by atoms with Crippen molar-refractivity contribution in [2.45, 2.75) is 26.2 Å². The molecule has 0 amide bonds. The maximum atomic E-state index is 14.1. The monoisotopic (exact) mass is 341 g/mol. The summed E-state index contributed by atoms with van der Waals surface area (Å²) in [5.41, 5.74) is 2.44. The number of hydrogen-bond donors (Lipinski definition) is 1. The Morgan fingerprint density at radius 1 is 1.21 bits per heavy atom. The molecule has 0 unspecified atom stereocenters. The van der Waals surface area contributed by atoms with Crippen molar-refractivity contribution >= 4 is 28.7 Å². The van der Waals surface area contributed by atoms with Gasteiger partial charge < -0.3 is 10.2 Å². The lowest BCUT2D eigenvalue weighted by atomic mass is 10.0. The number of thiocarbonyl (C=S) groups is 1. The van der Waals surface area contributed by atoms with E-state index in [-0.39, 0.29) is 12.2 Å². The van der Waals surface area contributed by atoms with E-state index in [1.54, 1.807) is 23.1 Å². The van der Waals surface area contributed by atoms with Crippen molar-refractivity contribution in [3.63, 3.8) is 0 Å². The molecule has 2 rings (SSSR count). The molecule has 1 N–H and O–H groups in total. The van der Waals surface area contributed by atoms with E-state index in [1.807, 2.05) is 24.3 Å². The van der Waals surface area contributed by atoms with Crippen LogP contribution in [0.5, 0.6) is 0 Å². The predicted molar refractivity (Wildman–Crippen MR) is 101 cm³/mol. The fraction of sp³-hybridized carbons (Fsp3) is 0.263. The molecule has 0 aliphatic heterocycles. The maximum Gasteiger partial charge on any atom is 0.178 e. The molecule has 0 fully saturated rings. The van der Waals surface area contributed by atoms with Crippen molar-refractivity contribution in [2.75, 3.05) is 16.8 Å². The molecule has 124 valence electrons. The van der Waals surface area contributed by atoms with E-state index in [4.69, 9.17) is 17.5 Å². The summed E-state index contributed by atoms with van der Waals surface area (Å²) in [6.45, 7) is 4.59. The molecule has 0 radical (unpaired) electrons. The highest BCUT2D eigenvalue weighted by atomic mass is 32.1. The van der Waals surface area contributed by atoms with E-state index in [1.165, 1.54) is 11.6 Å². The Balaban J connectivity index is 2.19. The number of nitriles is 1. The SMILES string of the molecule is CC(C)c1ccc(NC(=S)N(CCC#N)c2ccccc2F)cc1. The number of hydrogen-bond acceptors (Lipinski definition) is 2. The van der Waals surface area contributed by atoms with Crippen LogP contribution in [0.2, 0.25) is 0 Å². The second-order valence-corrected chi connectivity index (χ2v) is 6.10. The minimum absolute atomic E-state index is 0.252. The van der Waals surface area contributed by atoms with Crippen LogP contribution in [-0.2, 0) is 0 Å². The number of halogens is 1. The Hall–Kier alpha value is -2.45. The first-order chi connectivity index (χ1) is 11.5. The molecule has 0 aliphatic carbocycles. The van der Waals surface area contributed by atoms with E-state index in [0.29, 0.717) is 23.3 Å². The highest BCUT2D eigenvalue weighted by Crippen LogP contribution is 2.22. The molecular formula is C19H20FN3S. The highest BCUT2D eigenvalue weighted by molar-refractivity contribution is 7.80. The average Bonchev–Trinajstić information content (AvgIpc) is 2.57. The van der Waals surface area contributed by atoms with E-state index >= 15 is 0 Å². The number of nitrogens with one attached hydrogen (secondary N) is 1. The Kier molecular flexibility index (Phi) is 6.28. The molecule has 0 saturated heterocycles. The third-order valence-electron chi connectivity index (χ3n) is 3.66. The molecule has 0 bridgehead atoms. The van der Waals surface area contributed by atoms with Crippen molar-refractivity contribution in [2.24, 2.45) is 0 Å². The summed E-state index contributed by atoms with van der Waals surface area (Å²) in [4.78, 5) is 1.62. The first kappa shape index (κ1) is 17.9. The van der Waals surface area contributed by atoms with Gasteiger partial charge in [-0.05, 0) is 48.0 Å². The zero-order chi connectivity index (χ0) is 17.5. The van der Waals surface area contributed by atoms with Gasteiger partial charge >= 0.3 is 0 Å². The molecule has 2 aromatic carbocycles. The largest absolute Gasteiger partial charge is 0.332 e. The Bertz CT molecular complexity index is 735. The van der Waals surface area contributed by atoms with Gasteiger partial charge in [-0.1, -0.05) is 38.1 Å². The molecule has 0 atom stereocenters. The summed E-state index contributed by atoms with van der Waals surface area (Å²) in [6.07, 6.45) is 0.252. The number of anilines is 2. The molecular weight excluding hydrogens is 321 g/mol. The molecule has 0 saturated carbocycles. The molecule has 24 heavy (non-hydrogen) atoms. The molecule has 0 heterocycles. The fourth-order valence-electron chi connectivity index (χ4n) is 2.31. The highest BCUT2D eigenvalue weighted by Gasteiger charge is 2.15. The standard InChI is InChI=1S/C19H20FN3S/c1-14(2)15-8-10-16(11-9-15)22-19(24)23(13-5-12-21)18-7-4-3-6-17(18)20/h3-4,6-11,14H,5,13H2,1-2H3,(H,22,24). The van der Waals surface area contributed by atoms with Crippen LogP contribution in [0.4, 0.5) is 15.8 Å². The minimum atomic E-state index is -0.366. The summed E-state index contributed by atoms with van der Waals surface area (Å²) in [5.74, 6) is 0.0892. The van der Waals surface area contributed by atoms with E-state index in [9.17, 15) is 4.39 Å². The second kappa shape index (κ2) is 8.42. The molecule has 0 aromatic heterocycles. The van der Waals surface area contributed by atoms with Crippen molar-refractivity contribution in [3.05, 3.63) is 59.9 Å². The normalized spacial score (nSPS) is 10.3. The van der Waals surface area contributed by atoms with Crippen molar-refractivity contribution in [3.8, 4) is 6.07 Å². The first-order valence-electron chi connectivity index (χ1n) is 7.83. The maximum absolute atomic E-state index is 14.1. The van der Waals surface area contributed by atoms with E-state index in [2.05, 4.69) is 25.2 Å². The van der Waals surface area contributed by atoms with Crippen molar-refractivity contribution < 1.29 is 4.39 Å². The lowest BCUT2D eigenvalue weighted by molar-refractivity contribution is 0.626. The van der Waals surface area contributed by atoms with Gasteiger partial charge in [0.1, 0.15) is 5.82 Å². The first-order valence-corrected chi connectivity index (χ1v) is 8.23. The van der Waals surface area contributed by atoms with Gasteiger partial charge in [0, 0.05) is 12.2 Å². The topological polar surface area (TPSA) is 39.1 Å². The third-order valence-corrected chi connectivity index (χ3v) is 3.99. The molecule has 3 nitrogen and oxygen atoms in total. The smallest absolute Gasteiger partial charge is 0.178 e. The van der Waals surface area contributed by atoms with Crippen LogP contribution in [0.25, 0.3) is 0 Å². The zero-order valence-electron chi connectivity index (χ0n) is 13.8. The lowest BCUT2D eigenvalue weighted by Gasteiger charge is -2.25. The number of benzene rings is 2. The van der Waals surface area contributed by atoms with Crippen molar-refractivity contribution in [1.29, 1.82) is 5.26 Å². The van der Waals surface area contributed by atoms with Gasteiger partial charge in [0.2, 0.25) is 0 Å². The van der Waals surface area contributed by atoms with Gasteiger partial charge in [-0.25, -0.2) is 4.39 Å². The summed E-state index contributed by atoms with van der Waals surface area (Å²) in [7, 11) is 0. The summed E-state index contributed by atoms with van der Waals surface area (Å²) in [5, 5.41) is 12.3. The van der Waals surface area contributed by atoms with Crippen LogP contribution in [0, 0.1) is 17.1 Å². The molecule has 0 spiro atoms. The summed E-state index contributed by atoms with van der Waals surface area (Å²) in [6, 6.07) is 16.5. The second-order valence-electron chi connectivity index (χ2n) is 5.72. The summed E-state index contributed by atoms with van der Waals surface area (Å²) < 4.78 is 14.1. The van der Waals surface area contributed by atoms with Crippen LogP contribution in [0.15, 0.2) is 48.5 Å². The van der Waals surface area contributed by atoms with Gasteiger partial charge in [0.05, 0.1) is 18.2 Å². The zero-order valence-corrected chi connectivity index (χ0v) is 14.6. The van der Waals surface area contributed by atoms with Gasteiger partial charge in [0.25, 0.3) is 0 Å². The van der Waals surface area contributed by atoms with Crippen LogP contribution < -0.4 is 10.2 Å². The Morgan fingerprint density at radius 3 is 2.46 bits per heavy atom. The van der Waals surface area contributed by atoms with E-state index < -0.39 is 0 Å². The van der Waals surface area contributed by atoms with Crippen LogP contribution >= 0.6 is 12.2 Å². The fourth-order valence-corrected chi connectivity index (χ4v) is 2.61. The average molecular weight is 341 g/mol. The van der Waals surface area contributed by atoms with Crippen LogP contribution in [0.3, 0.4) is 0 Å². The van der Waals surface area contributed by atoms with Gasteiger partial charge in [0.15, 0.2) is 5.11 Å². The molecule has 0 aliphatic rings. The van der Waals surface area contributed by atoms with Crippen LogP contribution in [0.1, 0.15) is 31.7 Å². The Labute approximate surface area is 147 Å². The van der Waals surface area contributed by atoms with Gasteiger partial charge in [-0.2, -0.15) is 5.26 Å². The minimum Gasteiger partial charge on any atom is -0.332 e. The third kappa shape index (κ3) is 4.53. The summed E-state index contributed by atoms with van der Waals surface area (Å²) >= 11 is 5.44. The van der Waals surface area contributed by atoms with Gasteiger partial charge in [-0.15, -0.1) is 0 Å². The van der Waals surface area contributed by atoms with Crippen molar-refractivity contribution in [1.82, 2.24) is 0 Å². The Morgan fingerprint density at radius 2 is 1.88 bits per heavy atom.